The van der Waals surface area contributed by atoms with Gasteiger partial charge in [0, 0.05) is 5.21 Å². The van der Waals surface area contributed by atoms with Crippen LogP contribution in [0, 0.1) is 0 Å². The Morgan fingerprint density at radius 2 is 1.73 bits per heavy atom. The van der Waals surface area contributed by atoms with Gasteiger partial charge in [-0.1, -0.05) is 46.1 Å². The van der Waals surface area contributed by atoms with Gasteiger partial charge in [0.1, 0.15) is 11.4 Å². The van der Waals surface area contributed by atoms with Gasteiger partial charge in [-0.3, -0.25) is 0 Å². The maximum Gasteiger partial charge on any atom is 0.442 e. The summed E-state index contributed by atoms with van der Waals surface area (Å²) in [5.41, 5.74) is 1.34. The summed E-state index contributed by atoms with van der Waals surface area (Å²) in [7, 11) is 2.36. The molecule has 2 aromatic carbocycles. The summed E-state index contributed by atoms with van der Waals surface area (Å²) < 4.78 is 10.5. The number of nitrogens with zero attached hydrogens (tertiary/aromatic N) is 7. The highest BCUT2D eigenvalue weighted by Gasteiger charge is 2.25. The van der Waals surface area contributed by atoms with Crippen LogP contribution in [-0.4, -0.2) is 41.1 Å². The molecule has 11 heteroatoms. The predicted octanol–water partition coefficient (Wildman–Crippen LogP) is 1.00. The zero-order chi connectivity index (χ0) is 21.3. The largest absolute Gasteiger partial charge is 0.615 e. The number of aliphatic imine (C=N–C) groups is 1. The van der Waals surface area contributed by atoms with E-state index >= 15 is 0 Å². The highest BCUT2D eigenvalue weighted by atomic mass is 16.6. The number of carbonyl (C=O) groups excluding carboxylic acids is 1. The Labute approximate surface area is 171 Å². The molecule has 3 aromatic rings. The number of azo groups is 1. The minimum atomic E-state index is -0.870. The Hall–Kier alpha value is -4.41. The Bertz CT molecular complexity index is 1090. The second-order valence-electron chi connectivity index (χ2n) is 5.56. The Morgan fingerprint density at radius 3 is 2.37 bits per heavy atom. The lowest BCUT2D eigenvalue weighted by Crippen LogP contribution is -2.34. The van der Waals surface area contributed by atoms with Gasteiger partial charge in [0.15, 0.2) is 0 Å². The molecule has 0 aliphatic heterocycles. The third-order valence-corrected chi connectivity index (χ3v) is 3.63. The SMILES string of the molecule is COC(=O)C(/N=N\C=C(\[O-])OC)=N\c1nn(-c2ccccc2)n[n+]1-c1ccccc1. The summed E-state index contributed by atoms with van der Waals surface area (Å²) in [6, 6.07) is 18.3. The second kappa shape index (κ2) is 9.68. The Balaban J connectivity index is 2.11. The van der Waals surface area contributed by atoms with Crippen LogP contribution in [0.25, 0.3) is 11.4 Å². The van der Waals surface area contributed by atoms with Crippen molar-refractivity contribution in [3.05, 3.63) is 72.8 Å². The summed E-state index contributed by atoms with van der Waals surface area (Å²) in [5, 5.41) is 27.1. The van der Waals surface area contributed by atoms with Crippen molar-refractivity contribution < 1.29 is 24.1 Å². The molecule has 1 aromatic heterocycles. The van der Waals surface area contributed by atoms with Crippen molar-refractivity contribution in [3.8, 4) is 11.4 Å². The number of para-hydroxylation sites is 2. The smallest absolute Gasteiger partial charge is 0.442 e. The van der Waals surface area contributed by atoms with E-state index in [2.05, 4.69) is 35.0 Å². The van der Waals surface area contributed by atoms with E-state index in [9.17, 15) is 9.90 Å². The predicted molar refractivity (Wildman–Crippen MR) is 102 cm³/mol. The van der Waals surface area contributed by atoms with E-state index < -0.39 is 17.8 Å². The number of aromatic nitrogens is 4. The fraction of sp³-hybridized carbons (Fsp3) is 0.105. The van der Waals surface area contributed by atoms with E-state index in [0.717, 1.165) is 6.20 Å². The van der Waals surface area contributed by atoms with E-state index in [1.807, 2.05) is 48.5 Å². The van der Waals surface area contributed by atoms with Crippen molar-refractivity contribution >= 4 is 17.8 Å². The lowest BCUT2D eigenvalue weighted by atomic mass is 10.3. The molecule has 0 radical (unpaired) electrons. The molecule has 152 valence electrons. The minimum Gasteiger partial charge on any atom is -0.615 e. The number of rotatable bonds is 5. The molecule has 0 unspecified atom stereocenters. The molecule has 0 saturated heterocycles. The average molecular weight is 407 g/mol. The van der Waals surface area contributed by atoms with Gasteiger partial charge in [0.2, 0.25) is 0 Å². The summed E-state index contributed by atoms with van der Waals surface area (Å²) in [5.74, 6) is -1.99. The Morgan fingerprint density at radius 1 is 1.07 bits per heavy atom. The van der Waals surface area contributed by atoms with Crippen LogP contribution in [0.3, 0.4) is 0 Å². The lowest BCUT2D eigenvalue weighted by Gasteiger charge is -2.04. The molecule has 0 aliphatic rings. The Kier molecular flexibility index (Phi) is 6.56. The molecule has 30 heavy (non-hydrogen) atoms. The van der Waals surface area contributed by atoms with Gasteiger partial charge in [-0.2, -0.15) is 5.11 Å². The molecular formula is C19H17N7O4. The van der Waals surface area contributed by atoms with E-state index in [1.54, 1.807) is 12.1 Å². The molecule has 0 atom stereocenters. The minimum absolute atomic E-state index is 0.0440. The van der Waals surface area contributed by atoms with Gasteiger partial charge < -0.3 is 14.6 Å². The van der Waals surface area contributed by atoms with Crippen LogP contribution in [0.4, 0.5) is 5.95 Å². The molecule has 0 fully saturated rings. The molecule has 0 spiro atoms. The highest BCUT2D eigenvalue weighted by Crippen LogP contribution is 2.10. The number of amidine groups is 1. The number of carbonyl (C=O) groups is 1. The zero-order valence-corrected chi connectivity index (χ0v) is 16.1. The van der Waals surface area contributed by atoms with Gasteiger partial charge in [-0.15, -0.1) is 5.11 Å². The van der Waals surface area contributed by atoms with Crippen molar-refractivity contribution in [1.82, 2.24) is 15.1 Å². The van der Waals surface area contributed by atoms with Crippen LogP contribution in [0.1, 0.15) is 0 Å². The van der Waals surface area contributed by atoms with Crippen LogP contribution in [-0.2, 0) is 14.3 Å². The number of hydrogen-bond acceptors (Lipinski definition) is 8. The van der Waals surface area contributed by atoms with Crippen molar-refractivity contribution in [3.63, 3.8) is 0 Å². The highest BCUT2D eigenvalue weighted by molar-refractivity contribution is 6.36. The zero-order valence-electron chi connectivity index (χ0n) is 16.1. The first kappa shape index (κ1) is 20.3. The first-order valence-electron chi connectivity index (χ1n) is 8.62. The number of benzene rings is 2. The van der Waals surface area contributed by atoms with E-state index in [1.165, 1.54) is 23.7 Å². The molecule has 0 bridgehead atoms. The maximum atomic E-state index is 12.1. The fourth-order valence-corrected chi connectivity index (χ4v) is 2.23. The molecule has 1 heterocycles. The van der Waals surface area contributed by atoms with Gasteiger partial charge in [-0.05, 0) is 36.2 Å². The second-order valence-corrected chi connectivity index (χ2v) is 5.56. The molecule has 3 rings (SSSR count). The summed E-state index contributed by atoms with van der Waals surface area (Å²) >= 11 is 0. The van der Waals surface area contributed by atoms with Crippen LogP contribution in [0.5, 0.6) is 0 Å². The van der Waals surface area contributed by atoms with Crippen molar-refractivity contribution in [2.24, 2.45) is 15.2 Å². The van der Waals surface area contributed by atoms with Gasteiger partial charge in [-0.25, -0.2) is 4.79 Å². The monoisotopic (exact) mass is 407 g/mol. The average Bonchev–Trinajstić information content (AvgIpc) is 3.22. The van der Waals surface area contributed by atoms with Gasteiger partial charge in [0.25, 0.3) is 0 Å². The normalized spacial score (nSPS) is 12.2. The van der Waals surface area contributed by atoms with Crippen molar-refractivity contribution in [1.29, 1.82) is 0 Å². The summed E-state index contributed by atoms with van der Waals surface area (Å²) in [6.45, 7) is 0. The van der Waals surface area contributed by atoms with E-state index in [0.29, 0.717) is 11.4 Å². The fourth-order valence-electron chi connectivity index (χ4n) is 2.23. The third-order valence-electron chi connectivity index (χ3n) is 3.63. The number of hydrogen-bond donors (Lipinski definition) is 0. The first-order valence-corrected chi connectivity index (χ1v) is 8.62. The molecule has 0 N–H and O–H groups in total. The van der Waals surface area contributed by atoms with Crippen LogP contribution >= 0.6 is 0 Å². The van der Waals surface area contributed by atoms with Crippen LogP contribution < -0.4 is 9.79 Å². The van der Waals surface area contributed by atoms with Crippen molar-refractivity contribution in [2.45, 2.75) is 0 Å². The number of esters is 1. The topological polar surface area (TPSA) is 130 Å². The number of methoxy groups -OCH3 is 2. The maximum absolute atomic E-state index is 12.1. The van der Waals surface area contributed by atoms with Crippen LogP contribution in [0.15, 0.2) is 88.0 Å². The van der Waals surface area contributed by atoms with E-state index in [-0.39, 0.29) is 5.95 Å². The number of ether oxygens (including phenoxy) is 2. The van der Waals surface area contributed by atoms with Gasteiger partial charge >= 0.3 is 17.8 Å². The third kappa shape index (κ3) is 4.90. The summed E-state index contributed by atoms with van der Waals surface area (Å²) in [6.07, 6.45) is 0.796. The number of tetrazole rings is 1. The molecule has 0 saturated carbocycles. The summed E-state index contributed by atoms with van der Waals surface area (Å²) in [4.78, 5) is 17.6. The molecular weight excluding hydrogens is 390 g/mol. The molecule has 0 aliphatic carbocycles. The van der Waals surface area contributed by atoms with Crippen LogP contribution in [0.2, 0.25) is 0 Å². The van der Waals surface area contributed by atoms with E-state index in [4.69, 9.17) is 0 Å². The molecule has 0 amide bonds. The molecule has 11 nitrogen and oxygen atoms in total. The standard InChI is InChI=1S/C19H17N7O4/c1-29-16(27)13-20-22-17(18(28)30-2)21-19-23-26(15-11-7-4-8-12-15)24-25(19)14-9-5-3-6-10-14/h3-13H,1-2H3. The van der Waals surface area contributed by atoms with Crippen molar-refractivity contribution in [2.75, 3.05) is 14.2 Å². The first-order chi connectivity index (χ1) is 14.6. The lowest BCUT2D eigenvalue weighted by molar-refractivity contribution is -0.648. The van der Waals surface area contributed by atoms with Gasteiger partial charge in [0.05, 0.1) is 24.4 Å². The quantitative estimate of drug-likeness (QED) is 0.155.